The van der Waals surface area contributed by atoms with E-state index in [2.05, 4.69) is 20.2 Å². The lowest BCUT2D eigenvalue weighted by Crippen LogP contribution is -2.24. The molecule has 0 radical (unpaired) electrons. The molecule has 21 heavy (non-hydrogen) atoms. The molecule has 0 spiro atoms. The largest absolute Gasteiger partial charge is 0.476 e. The molecular formula is C14H17N5O2. The SMILES string of the molecule is O=C(O)c1nnn(CCN2CCCC2)c1-c1cccnc1. The molecule has 3 heterocycles. The van der Waals surface area contributed by atoms with Crippen LogP contribution in [0.5, 0.6) is 0 Å². The summed E-state index contributed by atoms with van der Waals surface area (Å²) in [6.07, 6.45) is 5.75. The van der Waals surface area contributed by atoms with Crippen LogP contribution in [0.1, 0.15) is 23.3 Å². The van der Waals surface area contributed by atoms with Gasteiger partial charge in [-0.25, -0.2) is 9.48 Å². The Morgan fingerprint density at radius 3 is 2.76 bits per heavy atom. The molecule has 0 aromatic carbocycles. The molecule has 1 aliphatic rings. The average Bonchev–Trinajstić information content (AvgIpc) is 3.15. The van der Waals surface area contributed by atoms with E-state index in [-0.39, 0.29) is 5.69 Å². The molecule has 7 heteroatoms. The van der Waals surface area contributed by atoms with Gasteiger partial charge in [0.05, 0.1) is 6.54 Å². The number of nitrogens with zero attached hydrogens (tertiary/aromatic N) is 5. The van der Waals surface area contributed by atoms with Crippen LogP contribution >= 0.6 is 0 Å². The number of rotatable bonds is 5. The fourth-order valence-corrected chi connectivity index (χ4v) is 2.64. The minimum absolute atomic E-state index is 0.0237. The maximum atomic E-state index is 11.3. The first-order valence-electron chi connectivity index (χ1n) is 7.05. The monoisotopic (exact) mass is 287 g/mol. The van der Waals surface area contributed by atoms with E-state index >= 15 is 0 Å². The third kappa shape index (κ3) is 2.92. The van der Waals surface area contributed by atoms with Gasteiger partial charge in [0.1, 0.15) is 5.69 Å². The number of carbonyl (C=O) groups is 1. The zero-order valence-corrected chi connectivity index (χ0v) is 11.6. The molecule has 0 aliphatic carbocycles. The minimum atomic E-state index is -1.07. The van der Waals surface area contributed by atoms with Gasteiger partial charge in [0.25, 0.3) is 0 Å². The van der Waals surface area contributed by atoms with Gasteiger partial charge in [0.2, 0.25) is 0 Å². The van der Waals surface area contributed by atoms with Crippen LogP contribution < -0.4 is 0 Å². The van der Waals surface area contributed by atoms with Crippen LogP contribution in [0.4, 0.5) is 0 Å². The lowest BCUT2D eigenvalue weighted by atomic mass is 10.1. The van der Waals surface area contributed by atoms with Crippen LogP contribution in [0.15, 0.2) is 24.5 Å². The average molecular weight is 287 g/mol. The molecule has 0 saturated carbocycles. The number of aromatic nitrogens is 4. The smallest absolute Gasteiger partial charge is 0.358 e. The number of aromatic carboxylic acids is 1. The van der Waals surface area contributed by atoms with Crippen molar-refractivity contribution in [2.75, 3.05) is 19.6 Å². The van der Waals surface area contributed by atoms with E-state index in [1.807, 2.05) is 6.07 Å². The van der Waals surface area contributed by atoms with Gasteiger partial charge in [-0.2, -0.15) is 0 Å². The Morgan fingerprint density at radius 2 is 2.10 bits per heavy atom. The highest BCUT2D eigenvalue weighted by molar-refractivity contribution is 5.92. The van der Waals surface area contributed by atoms with E-state index in [0.717, 1.165) is 25.2 Å². The molecule has 1 saturated heterocycles. The van der Waals surface area contributed by atoms with E-state index in [1.165, 1.54) is 12.8 Å². The second-order valence-corrected chi connectivity index (χ2v) is 5.11. The van der Waals surface area contributed by atoms with Crippen molar-refractivity contribution in [3.63, 3.8) is 0 Å². The number of pyridine rings is 1. The summed E-state index contributed by atoms with van der Waals surface area (Å²) in [6.45, 7) is 3.69. The Bertz CT molecular complexity index is 620. The number of likely N-dealkylation sites (tertiary alicyclic amines) is 1. The molecule has 7 nitrogen and oxygen atoms in total. The first kappa shape index (κ1) is 13.7. The zero-order valence-electron chi connectivity index (χ0n) is 11.6. The van der Waals surface area contributed by atoms with E-state index in [9.17, 15) is 9.90 Å². The van der Waals surface area contributed by atoms with Crippen LogP contribution in [0.2, 0.25) is 0 Å². The Balaban J connectivity index is 1.87. The summed E-state index contributed by atoms with van der Waals surface area (Å²) in [5.74, 6) is -1.07. The van der Waals surface area contributed by atoms with E-state index in [1.54, 1.807) is 23.1 Å². The molecule has 0 amide bonds. The zero-order chi connectivity index (χ0) is 14.7. The first-order valence-corrected chi connectivity index (χ1v) is 7.05. The van der Waals surface area contributed by atoms with Crippen molar-refractivity contribution in [1.29, 1.82) is 0 Å². The summed E-state index contributed by atoms with van der Waals surface area (Å²) in [5.41, 5.74) is 1.22. The molecule has 0 unspecified atom stereocenters. The highest BCUT2D eigenvalue weighted by Gasteiger charge is 2.21. The summed E-state index contributed by atoms with van der Waals surface area (Å²) in [5, 5.41) is 17.1. The summed E-state index contributed by atoms with van der Waals surface area (Å²) < 4.78 is 1.67. The van der Waals surface area contributed by atoms with Crippen molar-refractivity contribution in [2.45, 2.75) is 19.4 Å². The summed E-state index contributed by atoms with van der Waals surface area (Å²) in [4.78, 5) is 17.7. The van der Waals surface area contributed by atoms with Crippen LogP contribution in [0.25, 0.3) is 11.3 Å². The predicted molar refractivity (Wildman–Crippen MR) is 75.9 cm³/mol. The van der Waals surface area contributed by atoms with Gasteiger partial charge >= 0.3 is 5.97 Å². The topological polar surface area (TPSA) is 84.1 Å². The second kappa shape index (κ2) is 6.01. The summed E-state index contributed by atoms with van der Waals surface area (Å²) in [6, 6.07) is 3.60. The third-order valence-corrected chi connectivity index (χ3v) is 3.70. The Kier molecular flexibility index (Phi) is 3.92. The van der Waals surface area contributed by atoms with Crippen molar-refractivity contribution in [1.82, 2.24) is 24.9 Å². The standard InChI is InChI=1S/C14H17N5O2/c20-14(21)12-13(11-4-3-5-15-10-11)19(17-16-12)9-8-18-6-1-2-7-18/h3-5,10H,1-2,6-9H2,(H,20,21). The van der Waals surface area contributed by atoms with Crippen molar-refractivity contribution in [2.24, 2.45) is 0 Å². The lowest BCUT2D eigenvalue weighted by molar-refractivity contribution is 0.0691. The predicted octanol–water partition coefficient (Wildman–Crippen LogP) is 1.13. The van der Waals surface area contributed by atoms with Crippen LogP contribution in [-0.4, -0.2) is 55.6 Å². The highest BCUT2D eigenvalue weighted by atomic mass is 16.4. The number of hydrogen-bond acceptors (Lipinski definition) is 5. The quantitative estimate of drug-likeness (QED) is 0.887. The van der Waals surface area contributed by atoms with Crippen molar-refractivity contribution < 1.29 is 9.90 Å². The van der Waals surface area contributed by atoms with Gasteiger partial charge in [-0.3, -0.25) is 4.98 Å². The molecule has 0 bridgehead atoms. The third-order valence-electron chi connectivity index (χ3n) is 3.70. The maximum absolute atomic E-state index is 11.3. The van der Waals surface area contributed by atoms with E-state index in [0.29, 0.717) is 12.2 Å². The summed E-state index contributed by atoms with van der Waals surface area (Å²) >= 11 is 0. The fraction of sp³-hybridized carbons (Fsp3) is 0.429. The first-order chi connectivity index (χ1) is 10.3. The van der Waals surface area contributed by atoms with Crippen LogP contribution in [-0.2, 0) is 6.54 Å². The lowest BCUT2D eigenvalue weighted by Gasteiger charge is -2.15. The normalized spacial score (nSPS) is 15.4. The van der Waals surface area contributed by atoms with Crippen LogP contribution in [0.3, 0.4) is 0 Å². The van der Waals surface area contributed by atoms with Crippen molar-refractivity contribution in [3.05, 3.63) is 30.2 Å². The Morgan fingerprint density at radius 1 is 1.29 bits per heavy atom. The van der Waals surface area contributed by atoms with Gasteiger partial charge in [0.15, 0.2) is 5.69 Å². The minimum Gasteiger partial charge on any atom is -0.476 e. The maximum Gasteiger partial charge on any atom is 0.358 e. The molecule has 110 valence electrons. The Hall–Kier alpha value is -2.28. The molecule has 2 aromatic heterocycles. The van der Waals surface area contributed by atoms with E-state index < -0.39 is 5.97 Å². The number of hydrogen-bond donors (Lipinski definition) is 1. The van der Waals surface area contributed by atoms with Gasteiger partial charge in [-0.1, -0.05) is 5.21 Å². The van der Waals surface area contributed by atoms with Gasteiger partial charge in [-0.15, -0.1) is 5.10 Å². The molecule has 1 fully saturated rings. The second-order valence-electron chi connectivity index (χ2n) is 5.11. The highest BCUT2D eigenvalue weighted by Crippen LogP contribution is 2.21. The van der Waals surface area contributed by atoms with Crippen LogP contribution in [0, 0.1) is 0 Å². The van der Waals surface area contributed by atoms with Crippen molar-refractivity contribution >= 4 is 5.97 Å². The molecule has 2 aromatic rings. The molecule has 1 aliphatic heterocycles. The van der Waals surface area contributed by atoms with Gasteiger partial charge < -0.3 is 10.0 Å². The molecule has 3 rings (SSSR count). The van der Waals surface area contributed by atoms with Gasteiger partial charge in [0, 0.05) is 24.5 Å². The number of carboxylic acids is 1. The fourth-order valence-electron chi connectivity index (χ4n) is 2.64. The van der Waals surface area contributed by atoms with E-state index in [4.69, 9.17) is 0 Å². The summed E-state index contributed by atoms with van der Waals surface area (Å²) in [7, 11) is 0. The molecular weight excluding hydrogens is 270 g/mol. The number of carboxylic acid groups (broad SMARTS) is 1. The van der Waals surface area contributed by atoms with Gasteiger partial charge in [-0.05, 0) is 38.1 Å². The Labute approximate surface area is 122 Å². The molecule has 1 N–H and O–H groups in total. The van der Waals surface area contributed by atoms with Crippen molar-refractivity contribution in [3.8, 4) is 11.3 Å². The molecule has 0 atom stereocenters.